The lowest BCUT2D eigenvalue weighted by Crippen LogP contribution is -2.70. The van der Waals surface area contributed by atoms with Gasteiger partial charge in [0, 0.05) is 45.0 Å². The van der Waals surface area contributed by atoms with Gasteiger partial charge in [-0.25, -0.2) is 13.2 Å². The van der Waals surface area contributed by atoms with Crippen LogP contribution >= 0.6 is 0 Å². The fraction of sp³-hybridized carbons (Fsp3) is 0.632. The first-order chi connectivity index (χ1) is 14.5. The molecule has 0 bridgehead atoms. The molecule has 0 unspecified atom stereocenters. The molecule has 8 nitrogen and oxygen atoms in total. The van der Waals surface area contributed by atoms with Crippen molar-refractivity contribution < 1.29 is 31.2 Å². The molecule has 170 valence electrons. The zero-order chi connectivity index (χ0) is 22.4. The van der Waals surface area contributed by atoms with Crippen LogP contribution in [0.2, 0.25) is 0 Å². The molecule has 1 aromatic heterocycles. The van der Waals surface area contributed by atoms with E-state index in [1.807, 2.05) is 0 Å². The van der Waals surface area contributed by atoms with Crippen molar-refractivity contribution in [2.45, 2.75) is 48.0 Å². The van der Waals surface area contributed by atoms with E-state index in [1.165, 1.54) is 6.20 Å². The summed E-state index contributed by atoms with van der Waals surface area (Å²) in [6.45, 7) is 2.08. The number of urea groups is 1. The van der Waals surface area contributed by atoms with Crippen molar-refractivity contribution in [1.82, 2.24) is 20.1 Å². The molecule has 31 heavy (non-hydrogen) atoms. The molecule has 0 radical (unpaired) electrons. The molecule has 3 aliphatic heterocycles. The van der Waals surface area contributed by atoms with Gasteiger partial charge in [0.25, 0.3) is 9.84 Å². The molecule has 0 aliphatic carbocycles. The Bertz CT molecular complexity index is 984. The monoisotopic (exact) mass is 460 g/mol. The lowest BCUT2D eigenvalue weighted by atomic mass is 9.88. The fourth-order valence-corrected chi connectivity index (χ4v) is 5.32. The second-order valence-electron chi connectivity index (χ2n) is 8.58. The highest BCUT2D eigenvalue weighted by molar-refractivity contribution is 7.92. The summed E-state index contributed by atoms with van der Waals surface area (Å²) in [7, 11) is -5.43. The summed E-state index contributed by atoms with van der Waals surface area (Å²) in [4.78, 5) is 30.4. The number of hydrogen-bond donors (Lipinski definition) is 1. The Kier molecular flexibility index (Phi) is 5.39. The van der Waals surface area contributed by atoms with Crippen molar-refractivity contribution in [1.29, 1.82) is 0 Å². The maximum absolute atomic E-state index is 12.8. The number of halogens is 3. The Balaban J connectivity index is 1.30. The molecule has 3 saturated heterocycles. The third-order valence-electron chi connectivity index (χ3n) is 6.29. The van der Waals surface area contributed by atoms with Gasteiger partial charge < -0.3 is 15.1 Å². The van der Waals surface area contributed by atoms with Gasteiger partial charge in [0.1, 0.15) is 0 Å². The van der Waals surface area contributed by atoms with E-state index in [9.17, 15) is 31.2 Å². The van der Waals surface area contributed by atoms with Crippen LogP contribution < -0.4 is 5.32 Å². The van der Waals surface area contributed by atoms with Gasteiger partial charge in [-0.3, -0.25) is 9.78 Å². The highest BCUT2D eigenvalue weighted by atomic mass is 32.2. The Morgan fingerprint density at radius 1 is 1.19 bits per heavy atom. The van der Waals surface area contributed by atoms with Crippen LogP contribution in [0.25, 0.3) is 0 Å². The first-order valence-electron chi connectivity index (χ1n) is 10.1. The molecule has 4 rings (SSSR count). The minimum Gasteiger partial charge on any atom is -0.347 e. The van der Waals surface area contributed by atoms with Crippen LogP contribution in [0.5, 0.6) is 0 Å². The summed E-state index contributed by atoms with van der Waals surface area (Å²) in [5, 5.41) is 2.94. The minimum absolute atomic E-state index is 0.0227. The van der Waals surface area contributed by atoms with E-state index in [0.29, 0.717) is 63.6 Å². The number of carbonyl (C=O) groups excluding carboxylic acids is 2. The number of amides is 3. The number of likely N-dealkylation sites (tertiary alicyclic amines) is 2. The highest BCUT2D eigenvalue weighted by Gasteiger charge is 2.50. The summed E-state index contributed by atoms with van der Waals surface area (Å²) >= 11 is 0. The topological polar surface area (TPSA) is 99.7 Å². The summed E-state index contributed by atoms with van der Waals surface area (Å²) in [5.41, 5.74) is -5.20. The zero-order valence-corrected chi connectivity index (χ0v) is 17.5. The van der Waals surface area contributed by atoms with E-state index in [-0.39, 0.29) is 23.4 Å². The number of hydrogen-bond acceptors (Lipinski definition) is 5. The number of nitrogens with one attached hydrogen (secondary N) is 1. The normalized spacial score (nSPS) is 21.8. The van der Waals surface area contributed by atoms with Crippen molar-refractivity contribution in [2.24, 2.45) is 5.92 Å². The van der Waals surface area contributed by atoms with Crippen LogP contribution in [0.4, 0.5) is 18.0 Å². The molecule has 3 amide bonds. The van der Waals surface area contributed by atoms with Gasteiger partial charge in [0.05, 0.1) is 10.4 Å². The third kappa shape index (κ3) is 4.21. The molecule has 1 spiro atoms. The summed E-state index contributed by atoms with van der Waals surface area (Å²) in [6, 6.07) is 0.966. The van der Waals surface area contributed by atoms with Crippen molar-refractivity contribution >= 4 is 21.8 Å². The van der Waals surface area contributed by atoms with Gasteiger partial charge in [0.2, 0.25) is 5.91 Å². The number of carbonyl (C=O) groups is 2. The second kappa shape index (κ2) is 7.64. The predicted octanol–water partition coefficient (Wildman–Crippen LogP) is 1.71. The summed E-state index contributed by atoms with van der Waals surface area (Å²) < 4.78 is 61.5. The number of aromatic nitrogens is 1. The number of alkyl halides is 3. The fourth-order valence-electron chi connectivity index (χ4n) is 4.55. The van der Waals surface area contributed by atoms with Gasteiger partial charge in [-0.2, -0.15) is 13.2 Å². The van der Waals surface area contributed by atoms with Crippen LogP contribution in [-0.4, -0.2) is 72.4 Å². The van der Waals surface area contributed by atoms with E-state index in [4.69, 9.17) is 0 Å². The van der Waals surface area contributed by atoms with Crippen molar-refractivity contribution in [3.8, 4) is 0 Å². The number of nitrogens with zero attached hydrogens (tertiary/aromatic N) is 3. The summed E-state index contributed by atoms with van der Waals surface area (Å²) in [6.07, 6.45) is 5.05. The van der Waals surface area contributed by atoms with Gasteiger partial charge >= 0.3 is 11.5 Å². The second-order valence-corrected chi connectivity index (χ2v) is 10.5. The molecule has 3 aliphatic rings. The molecular weight excluding hydrogens is 437 g/mol. The van der Waals surface area contributed by atoms with Crippen LogP contribution in [0.1, 0.15) is 31.2 Å². The molecule has 1 aromatic rings. The largest absolute Gasteiger partial charge is 0.501 e. The van der Waals surface area contributed by atoms with E-state index in [0.717, 1.165) is 12.5 Å². The molecular formula is C19H23F3N4O4S. The SMILES string of the molecule is O=C1CCC2(CN(C(=O)N3CCC(Cc4cncc(S(=O)(=O)C(F)(F)F)c4)CC3)C2)N1. The number of sulfone groups is 1. The lowest BCUT2D eigenvalue weighted by Gasteiger charge is -2.49. The molecule has 1 N–H and O–H groups in total. The number of piperidine rings is 1. The van der Waals surface area contributed by atoms with Gasteiger partial charge in [-0.1, -0.05) is 0 Å². The molecule has 3 fully saturated rings. The quantitative estimate of drug-likeness (QED) is 0.741. The predicted molar refractivity (Wildman–Crippen MR) is 103 cm³/mol. The molecule has 0 aromatic carbocycles. The summed E-state index contributed by atoms with van der Waals surface area (Å²) in [5.74, 6) is 0.140. The molecule has 12 heteroatoms. The third-order valence-corrected chi connectivity index (χ3v) is 7.74. The van der Waals surface area contributed by atoms with Gasteiger partial charge in [0.15, 0.2) is 0 Å². The first-order valence-corrected chi connectivity index (χ1v) is 11.6. The van der Waals surface area contributed by atoms with Crippen LogP contribution in [0.15, 0.2) is 23.4 Å². The Labute approximate surface area is 177 Å². The average Bonchev–Trinajstić information content (AvgIpc) is 3.08. The maximum atomic E-state index is 12.8. The highest BCUT2D eigenvalue weighted by Crippen LogP contribution is 2.33. The zero-order valence-electron chi connectivity index (χ0n) is 16.7. The van der Waals surface area contributed by atoms with Gasteiger partial charge in [-0.15, -0.1) is 0 Å². The molecule has 0 saturated carbocycles. The van der Waals surface area contributed by atoms with E-state index >= 15 is 0 Å². The van der Waals surface area contributed by atoms with Crippen LogP contribution in [0, 0.1) is 5.92 Å². The number of pyridine rings is 1. The van der Waals surface area contributed by atoms with Crippen molar-refractivity contribution in [3.63, 3.8) is 0 Å². The van der Waals surface area contributed by atoms with E-state index in [2.05, 4.69) is 10.3 Å². The first kappa shape index (κ1) is 21.8. The molecule has 4 heterocycles. The Hall–Kier alpha value is -2.37. The van der Waals surface area contributed by atoms with Gasteiger partial charge in [-0.05, 0) is 43.2 Å². The lowest BCUT2D eigenvalue weighted by molar-refractivity contribution is -0.120. The van der Waals surface area contributed by atoms with E-state index < -0.39 is 20.2 Å². The Morgan fingerprint density at radius 2 is 1.87 bits per heavy atom. The van der Waals surface area contributed by atoms with Crippen molar-refractivity contribution in [3.05, 3.63) is 24.0 Å². The average molecular weight is 460 g/mol. The van der Waals surface area contributed by atoms with Crippen LogP contribution in [0.3, 0.4) is 0 Å². The minimum atomic E-state index is -5.43. The molecule has 0 atom stereocenters. The van der Waals surface area contributed by atoms with Crippen molar-refractivity contribution in [2.75, 3.05) is 26.2 Å². The number of rotatable bonds is 3. The smallest absolute Gasteiger partial charge is 0.347 e. The Morgan fingerprint density at radius 3 is 2.45 bits per heavy atom. The maximum Gasteiger partial charge on any atom is 0.501 e. The van der Waals surface area contributed by atoms with Crippen LogP contribution in [-0.2, 0) is 21.1 Å². The standard InChI is InChI=1S/C19H23F3N4O4S/c20-19(21,22)31(29,30)15-8-14(9-23-10-15)7-13-2-5-25(6-3-13)17(28)26-11-18(12-26)4-1-16(27)24-18/h8-10,13H,1-7,11-12H2,(H,24,27). The van der Waals surface area contributed by atoms with E-state index in [1.54, 1.807) is 9.80 Å².